The van der Waals surface area contributed by atoms with Gasteiger partial charge in [-0.15, -0.1) is 0 Å². The van der Waals surface area contributed by atoms with Gasteiger partial charge in [-0.3, -0.25) is 0 Å². The fraction of sp³-hybridized carbons (Fsp3) is 0.316. The lowest BCUT2D eigenvalue weighted by atomic mass is 10.2. The van der Waals surface area contributed by atoms with Gasteiger partial charge in [0.05, 0.1) is 11.8 Å². The molecule has 0 bridgehead atoms. The van der Waals surface area contributed by atoms with E-state index in [9.17, 15) is 18.0 Å². The highest BCUT2D eigenvalue weighted by Gasteiger charge is 2.17. The maximum absolute atomic E-state index is 13.6. The maximum atomic E-state index is 13.6. The number of para-hydroxylation sites is 2. The molecule has 27 heavy (non-hydrogen) atoms. The van der Waals surface area contributed by atoms with E-state index in [1.165, 1.54) is 0 Å². The van der Waals surface area contributed by atoms with Gasteiger partial charge in [-0.25, -0.2) is 18.0 Å². The second kappa shape index (κ2) is 8.77. The van der Waals surface area contributed by atoms with Gasteiger partial charge in [0.2, 0.25) is 0 Å². The monoisotopic (exact) mass is 380 g/mol. The molecule has 0 spiro atoms. The zero-order valence-corrected chi connectivity index (χ0v) is 14.4. The van der Waals surface area contributed by atoms with E-state index in [4.69, 9.17) is 9.47 Å². The molecule has 5 nitrogen and oxygen atoms in total. The quantitative estimate of drug-likeness (QED) is 0.746. The summed E-state index contributed by atoms with van der Waals surface area (Å²) in [6.07, 6.45) is 1.95. The van der Waals surface area contributed by atoms with Gasteiger partial charge in [-0.05, 0) is 31.0 Å². The van der Waals surface area contributed by atoms with Crippen LogP contribution in [-0.4, -0.2) is 25.3 Å². The molecule has 8 heteroatoms. The van der Waals surface area contributed by atoms with Crippen molar-refractivity contribution in [1.29, 1.82) is 0 Å². The van der Waals surface area contributed by atoms with E-state index in [1.807, 2.05) is 0 Å². The van der Waals surface area contributed by atoms with E-state index in [1.54, 1.807) is 24.3 Å². The van der Waals surface area contributed by atoms with Gasteiger partial charge in [0, 0.05) is 24.8 Å². The molecule has 3 rings (SSSR count). The van der Waals surface area contributed by atoms with Gasteiger partial charge >= 0.3 is 6.03 Å². The molecule has 0 saturated carbocycles. The Balaban J connectivity index is 1.57. The third-order valence-corrected chi connectivity index (χ3v) is 4.11. The number of ether oxygens (including phenoxy) is 2. The van der Waals surface area contributed by atoms with Crippen molar-refractivity contribution in [3.05, 3.63) is 59.4 Å². The largest absolute Gasteiger partial charge is 0.489 e. The van der Waals surface area contributed by atoms with Crippen molar-refractivity contribution < 1.29 is 27.4 Å². The standard InChI is InChI=1S/C19H19F3N2O3/c20-14-9-16(22)15(21)8-12(14)10-23-19(25)24-17-5-1-2-6-18(17)27-11-13-4-3-7-26-13/h1-2,5-6,8-9,13H,3-4,7,10-11H2,(H2,23,24,25). The summed E-state index contributed by atoms with van der Waals surface area (Å²) in [6, 6.07) is 7.38. The minimum absolute atomic E-state index is 0.0308. The van der Waals surface area contributed by atoms with Crippen LogP contribution in [0.1, 0.15) is 18.4 Å². The third kappa shape index (κ3) is 5.13. The van der Waals surface area contributed by atoms with Crippen LogP contribution >= 0.6 is 0 Å². The smallest absolute Gasteiger partial charge is 0.319 e. The second-order valence-corrected chi connectivity index (χ2v) is 6.11. The summed E-state index contributed by atoms with van der Waals surface area (Å²) >= 11 is 0. The fourth-order valence-electron chi connectivity index (χ4n) is 2.70. The van der Waals surface area contributed by atoms with Crippen molar-refractivity contribution in [2.75, 3.05) is 18.5 Å². The Morgan fingerprint density at radius 2 is 1.93 bits per heavy atom. The van der Waals surface area contributed by atoms with Gasteiger partial charge in [-0.1, -0.05) is 12.1 Å². The number of anilines is 1. The maximum Gasteiger partial charge on any atom is 0.319 e. The zero-order chi connectivity index (χ0) is 19.2. The first-order valence-electron chi connectivity index (χ1n) is 8.54. The topological polar surface area (TPSA) is 59.6 Å². The van der Waals surface area contributed by atoms with E-state index in [0.29, 0.717) is 30.2 Å². The zero-order valence-electron chi connectivity index (χ0n) is 14.4. The lowest BCUT2D eigenvalue weighted by molar-refractivity contribution is 0.0682. The van der Waals surface area contributed by atoms with Crippen LogP contribution in [0.15, 0.2) is 36.4 Å². The third-order valence-electron chi connectivity index (χ3n) is 4.11. The van der Waals surface area contributed by atoms with Crippen molar-refractivity contribution in [2.24, 2.45) is 0 Å². The Labute approximate surface area is 154 Å². The van der Waals surface area contributed by atoms with Crippen LogP contribution in [0.4, 0.5) is 23.7 Å². The number of benzene rings is 2. The first kappa shape index (κ1) is 19.0. The van der Waals surface area contributed by atoms with Crippen molar-refractivity contribution in [2.45, 2.75) is 25.5 Å². The van der Waals surface area contributed by atoms with Crippen LogP contribution in [0.2, 0.25) is 0 Å². The number of amides is 2. The molecule has 1 aliphatic rings. The van der Waals surface area contributed by atoms with Crippen LogP contribution in [0.3, 0.4) is 0 Å². The second-order valence-electron chi connectivity index (χ2n) is 6.11. The molecule has 1 saturated heterocycles. The molecular formula is C19H19F3N2O3. The molecule has 1 heterocycles. The molecular weight excluding hydrogens is 361 g/mol. The van der Waals surface area contributed by atoms with Crippen LogP contribution in [0.5, 0.6) is 5.75 Å². The Morgan fingerprint density at radius 3 is 2.70 bits per heavy atom. The fourth-order valence-corrected chi connectivity index (χ4v) is 2.70. The highest BCUT2D eigenvalue weighted by atomic mass is 19.2. The van der Waals surface area contributed by atoms with Crippen molar-refractivity contribution in [1.82, 2.24) is 5.32 Å². The molecule has 1 unspecified atom stereocenters. The van der Waals surface area contributed by atoms with Gasteiger partial charge in [0.1, 0.15) is 18.2 Å². The van der Waals surface area contributed by atoms with Crippen LogP contribution in [-0.2, 0) is 11.3 Å². The molecule has 144 valence electrons. The van der Waals surface area contributed by atoms with Crippen molar-refractivity contribution in [3.8, 4) is 5.75 Å². The van der Waals surface area contributed by atoms with E-state index in [0.717, 1.165) is 19.4 Å². The van der Waals surface area contributed by atoms with Crippen LogP contribution in [0.25, 0.3) is 0 Å². The average molecular weight is 380 g/mol. The number of hydrogen-bond acceptors (Lipinski definition) is 3. The minimum atomic E-state index is -1.28. The lowest BCUT2D eigenvalue weighted by Gasteiger charge is -2.15. The summed E-state index contributed by atoms with van der Waals surface area (Å²) in [5, 5.41) is 5.00. The normalized spacial score (nSPS) is 16.2. The molecule has 2 aromatic carbocycles. The van der Waals surface area contributed by atoms with E-state index < -0.39 is 23.5 Å². The number of halogens is 3. The van der Waals surface area contributed by atoms with Gasteiger partial charge < -0.3 is 20.1 Å². The molecule has 0 radical (unpaired) electrons. The first-order valence-corrected chi connectivity index (χ1v) is 8.54. The number of rotatable bonds is 6. The van der Waals surface area contributed by atoms with Gasteiger partial charge in [0.15, 0.2) is 11.6 Å². The molecule has 2 amide bonds. The summed E-state index contributed by atoms with van der Waals surface area (Å²) < 4.78 is 51.0. The van der Waals surface area contributed by atoms with Crippen LogP contribution < -0.4 is 15.4 Å². The summed E-state index contributed by atoms with van der Waals surface area (Å²) in [7, 11) is 0. The highest BCUT2D eigenvalue weighted by Crippen LogP contribution is 2.25. The van der Waals surface area contributed by atoms with E-state index in [-0.39, 0.29) is 18.2 Å². The Bertz CT molecular complexity index is 811. The lowest BCUT2D eigenvalue weighted by Crippen LogP contribution is -2.29. The Hall–Kier alpha value is -2.74. The number of carbonyl (C=O) groups excluding carboxylic acids is 1. The Kier molecular flexibility index (Phi) is 6.18. The summed E-state index contributed by atoms with van der Waals surface area (Å²) in [6.45, 7) is 0.797. The molecule has 2 aromatic rings. The molecule has 0 aliphatic carbocycles. The van der Waals surface area contributed by atoms with Crippen molar-refractivity contribution in [3.63, 3.8) is 0 Å². The van der Waals surface area contributed by atoms with E-state index in [2.05, 4.69) is 10.6 Å². The summed E-state index contributed by atoms with van der Waals surface area (Å²) in [5.41, 5.74) is 0.269. The Morgan fingerprint density at radius 1 is 1.15 bits per heavy atom. The average Bonchev–Trinajstić information content (AvgIpc) is 3.16. The van der Waals surface area contributed by atoms with E-state index >= 15 is 0 Å². The number of hydrogen-bond donors (Lipinski definition) is 2. The molecule has 1 fully saturated rings. The van der Waals surface area contributed by atoms with Crippen molar-refractivity contribution >= 4 is 11.7 Å². The number of carbonyl (C=O) groups is 1. The molecule has 0 aromatic heterocycles. The van der Waals surface area contributed by atoms with Gasteiger partial charge in [0.25, 0.3) is 0 Å². The predicted molar refractivity (Wildman–Crippen MR) is 93.1 cm³/mol. The summed E-state index contributed by atoms with van der Waals surface area (Å²) in [4.78, 5) is 12.1. The predicted octanol–water partition coefficient (Wildman–Crippen LogP) is 3.98. The molecule has 1 aliphatic heterocycles. The molecule has 2 N–H and O–H groups in total. The SMILES string of the molecule is O=C(NCc1cc(F)c(F)cc1F)Nc1ccccc1OCC1CCCO1. The molecule has 1 atom stereocenters. The highest BCUT2D eigenvalue weighted by molar-refractivity contribution is 5.90. The minimum Gasteiger partial charge on any atom is -0.489 e. The number of nitrogens with one attached hydrogen (secondary N) is 2. The number of urea groups is 1. The first-order chi connectivity index (χ1) is 13.0. The van der Waals surface area contributed by atoms with Gasteiger partial charge in [-0.2, -0.15) is 0 Å². The van der Waals surface area contributed by atoms with Crippen LogP contribution in [0, 0.1) is 17.5 Å². The summed E-state index contributed by atoms with van der Waals surface area (Å²) in [5.74, 6) is -2.92.